The third-order valence-corrected chi connectivity index (χ3v) is 4.48. The van der Waals surface area contributed by atoms with Crippen molar-refractivity contribution < 1.29 is 0 Å². The predicted octanol–water partition coefficient (Wildman–Crippen LogP) is -0.251. The quantitative estimate of drug-likeness (QED) is 0.510. The number of hydrogen-bond donors (Lipinski definition) is 3. The second-order valence-electron chi connectivity index (χ2n) is 5.37. The van der Waals surface area contributed by atoms with Crippen LogP contribution in [0.15, 0.2) is 0 Å². The Labute approximate surface area is 132 Å². The molecule has 0 saturated carbocycles. The fourth-order valence-electron chi connectivity index (χ4n) is 2.99. The summed E-state index contributed by atoms with van der Waals surface area (Å²) in [7, 11) is 0.618. The maximum absolute atomic E-state index is 3.69. The topological polar surface area (TPSA) is 45.8 Å². The Kier molecular flexibility index (Phi) is 8.93. The van der Waals surface area contributed by atoms with Gasteiger partial charge in [0.15, 0.2) is 0 Å². The predicted molar refractivity (Wildman–Crippen MR) is 95.4 cm³/mol. The van der Waals surface area contributed by atoms with Crippen molar-refractivity contribution >= 4 is 21.4 Å². The molecule has 1 aliphatic rings. The molecule has 0 aromatic rings. The molecule has 0 spiro atoms. The Hall–Kier alpha value is -0.0452. The van der Waals surface area contributed by atoms with Gasteiger partial charge >= 0.3 is 21.4 Å². The minimum atomic E-state index is 0.206. The molecule has 120 valence electrons. The number of hydrogen-bond acceptors (Lipinski definition) is 6. The van der Waals surface area contributed by atoms with E-state index >= 15 is 0 Å². The molecule has 0 aliphatic carbocycles. The van der Waals surface area contributed by atoms with Gasteiger partial charge in [-0.05, 0) is 39.3 Å². The standard InChI is InChI=1S/C12H33B3N6/c1-7-19(8-2)13-16-14(20(9-3)10-4)18-15(17-13)21(11-5)12-6/h16-18H,7-12H2,1-6H3. The molecule has 21 heavy (non-hydrogen) atoms. The average Bonchev–Trinajstić information content (AvgIpc) is 2.51. The summed E-state index contributed by atoms with van der Waals surface area (Å²) in [5.41, 5.74) is 0. The first-order chi connectivity index (χ1) is 10.1. The van der Waals surface area contributed by atoms with Crippen LogP contribution in [0.3, 0.4) is 0 Å². The molecular weight excluding hydrogens is 261 g/mol. The summed E-state index contributed by atoms with van der Waals surface area (Å²) in [6.45, 7) is 19.5. The van der Waals surface area contributed by atoms with Crippen LogP contribution in [0.4, 0.5) is 0 Å². The van der Waals surface area contributed by atoms with Gasteiger partial charge in [-0.1, -0.05) is 41.5 Å². The highest BCUT2D eigenvalue weighted by molar-refractivity contribution is 6.84. The van der Waals surface area contributed by atoms with Crippen LogP contribution >= 0.6 is 0 Å². The Morgan fingerprint density at radius 3 is 0.810 bits per heavy atom. The highest BCUT2D eigenvalue weighted by atomic mass is 15.3. The highest BCUT2D eigenvalue weighted by Crippen LogP contribution is 2.01. The van der Waals surface area contributed by atoms with Crippen molar-refractivity contribution in [1.82, 2.24) is 29.8 Å². The van der Waals surface area contributed by atoms with E-state index in [4.69, 9.17) is 0 Å². The summed E-state index contributed by atoms with van der Waals surface area (Å²) in [6.07, 6.45) is 0. The van der Waals surface area contributed by atoms with Crippen molar-refractivity contribution in [3.8, 4) is 0 Å². The summed E-state index contributed by atoms with van der Waals surface area (Å²) in [5, 5.41) is 11.1. The summed E-state index contributed by atoms with van der Waals surface area (Å²) >= 11 is 0. The zero-order chi connectivity index (χ0) is 15.8. The minimum absolute atomic E-state index is 0.206. The van der Waals surface area contributed by atoms with Gasteiger partial charge in [-0.15, -0.1) is 0 Å². The van der Waals surface area contributed by atoms with Gasteiger partial charge in [-0.2, -0.15) is 0 Å². The van der Waals surface area contributed by atoms with E-state index in [1.807, 2.05) is 0 Å². The van der Waals surface area contributed by atoms with Gasteiger partial charge in [0.1, 0.15) is 0 Å². The lowest BCUT2D eigenvalue weighted by atomic mass is 9.61. The van der Waals surface area contributed by atoms with Crippen LogP contribution in [-0.4, -0.2) is 75.1 Å². The third-order valence-electron chi connectivity index (χ3n) is 4.48. The molecule has 3 N–H and O–H groups in total. The summed E-state index contributed by atoms with van der Waals surface area (Å²) in [5.74, 6) is 0. The van der Waals surface area contributed by atoms with Crippen LogP contribution in [-0.2, 0) is 0 Å². The first-order valence-corrected chi connectivity index (χ1v) is 8.65. The molecule has 6 nitrogen and oxygen atoms in total. The number of rotatable bonds is 9. The van der Waals surface area contributed by atoms with Gasteiger partial charge in [0.25, 0.3) is 0 Å². The zero-order valence-electron chi connectivity index (χ0n) is 14.8. The molecule has 1 heterocycles. The van der Waals surface area contributed by atoms with E-state index in [1.54, 1.807) is 0 Å². The number of nitrogens with zero attached hydrogens (tertiary/aromatic N) is 3. The van der Waals surface area contributed by atoms with Crippen LogP contribution in [0, 0.1) is 0 Å². The van der Waals surface area contributed by atoms with Gasteiger partial charge in [0.2, 0.25) is 0 Å². The van der Waals surface area contributed by atoms with Gasteiger partial charge in [-0.25, -0.2) is 0 Å². The van der Waals surface area contributed by atoms with Gasteiger partial charge in [0, 0.05) is 0 Å². The Morgan fingerprint density at radius 1 is 0.476 bits per heavy atom. The first kappa shape index (κ1) is 19.0. The Morgan fingerprint density at radius 2 is 0.667 bits per heavy atom. The van der Waals surface area contributed by atoms with E-state index in [2.05, 4.69) is 71.4 Å². The largest absolute Gasteiger partial charge is 0.379 e. The van der Waals surface area contributed by atoms with E-state index in [0.29, 0.717) is 0 Å². The lowest BCUT2D eigenvalue weighted by Gasteiger charge is -2.43. The van der Waals surface area contributed by atoms with Crippen molar-refractivity contribution in [1.29, 1.82) is 0 Å². The highest BCUT2D eigenvalue weighted by Gasteiger charge is 2.42. The second-order valence-corrected chi connectivity index (χ2v) is 5.37. The normalized spacial score (nSPS) is 16.7. The van der Waals surface area contributed by atoms with Gasteiger partial charge in [0.05, 0.1) is 0 Å². The van der Waals surface area contributed by atoms with Gasteiger partial charge < -0.3 is 29.8 Å². The molecule has 0 unspecified atom stereocenters. The lowest BCUT2D eigenvalue weighted by Crippen LogP contribution is -2.85. The zero-order valence-corrected chi connectivity index (χ0v) is 14.8. The molecule has 0 aromatic heterocycles. The Balaban J connectivity index is 2.86. The monoisotopic (exact) mass is 294 g/mol. The third kappa shape index (κ3) is 4.98. The fraction of sp³-hybridized carbons (Fsp3) is 1.00. The van der Waals surface area contributed by atoms with Crippen LogP contribution in [0.2, 0.25) is 0 Å². The summed E-state index contributed by atoms with van der Waals surface area (Å²) < 4.78 is 0. The van der Waals surface area contributed by atoms with E-state index < -0.39 is 0 Å². The van der Waals surface area contributed by atoms with Crippen LogP contribution < -0.4 is 15.4 Å². The molecular formula is C12H33B3N6. The average molecular weight is 294 g/mol. The van der Waals surface area contributed by atoms with Crippen LogP contribution in [0.25, 0.3) is 0 Å². The van der Waals surface area contributed by atoms with Crippen molar-refractivity contribution in [2.24, 2.45) is 0 Å². The first-order valence-electron chi connectivity index (χ1n) is 8.65. The molecule has 0 amide bonds. The summed E-state index contributed by atoms with van der Waals surface area (Å²) in [6, 6.07) is 0. The molecule has 0 bridgehead atoms. The van der Waals surface area contributed by atoms with Crippen molar-refractivity contribution in [3.63, 3.8) is 0 Å². The molecule has 1 rings (SSSR count). The van der Waals surface area contributed by atoms with E-state index in [0.717, 1.165) is 39.3 Å². The molecule has 0 atom stereocenters. The Bertz CT molecular complexity index is 225. The van der Waals surface area contributed by atoms with Crippen molar-refractivity contribution in [2.45, 2.75) is 41.5 Å². The van der Waals surface area contributed by atoms with Crippen LogP contribution in [0.1, 0.15) is 41.5 Å². The lowest BCUT2D eigenvalue weighted by molar-refractivity contribution is 0.427. The van der Waals surface area contributed by atoms with Crippen molar-refractivity contribution in [3.05, 3.63) is 0 Å². The van der Waals surface area contributed by atoms with Gasteiger partial charge in [-0.3, -0.25) is 0 Å². The number of nitrogens with one attached hydrogen (secondary N) is 3. The van der Waals surface area contributed by atoms with E-state index in [-0.39, 0.29) is 21.4 Å². The van der Waals surface area contributed by atoms with E-state index in [1.165, 1.54) is 0 Å². The minimum Gasteiger partial charge on any atom is -0.342 e. The van der Waals surface area contributed by atoms with Crippen molar-refractivity contribution in [2.75, 3.05) is 39.3 Å². The maximum Gasteiger partial charge on any atom is 0.379 e. The molecule has 1 aliphatic heterocycles. The molecule has 0 aromatic carbocycles. The van der Waals surface area contributed by atoms with E-state index in [9.17, 15) is 0 Å². The molecule has 1 saturated heterocycles. The SMILES string of the molecule is CCN(CC)B1NB(N(CC)CC)NB(N(CC)CC)N1. The smallest absolute Gasteiger partial charge is 0.342 e. The fourth-order valence-corrected chi connectivity index (χ4v) is 2.99. The molecule has 1 fully saturated rings. The summed E-state index contributed by atoms with van der Waals surface area (Å²) in [4.78, 5) is 7.27. The molecule has 0 radical (unpaired) electrons. The second kappa shape index (κ2) is 9.87. The molecule has 9 heteroatoms. The van der Waals surface area contributed by atoms with Crippen LogP contribution in [0.5, 0.6) is 0 Å². The maximum atomic E-state index is 3.69.